The van der Waals surface area contributed by atoms with Gasteiger partial charge in [-0.05, 0) is 58.7 Å². The van der Waals surface area contributed by atoms with Gasteiger partial charge < -0.3 is 20.0 Å². The Morgan fingerprint density at radius 1 is 1.00 bits per heavy atom. The van der Waals surface area contributed by atoms with Gasteiger partial charge in [0.25, 0.3) is 5.56 Å². The summed E-state index contributed by atoms with van der Waals surface area (Å²) in [5.74, 6) is 0.119. The summed E-state index contributed by atoms with van der Waals surface area (Å²) >= 11 is 0. The molecule has 0 radical (unpaired) electrons. The van der Waals surface area contributed by atoms with E-state index in [0.717, 1.165) is 33.3 Å². The minimum Gasteiger partial charge on any atom is -0.508 e. The van der Waals surface area contributed by atoms with Crippen LogP contribution in [-0.4, -0.2) is 19.2 Å². The zero-order chi connectivity index (χ0) is 24.7. The molecule has 0 aliphatic heterocycles. The molecule has 172 valence electrons. The van der Waals surface area contributed by atoms with E-state index in [-0.39, 0.29) is 11.3 Å². The third-order valence-electron chi connectivity index (χ3n) is 6.55. The SMILES string of the molecule is Cn1cncc1[C@@](N)(c1ccc(C#N)cc1)c1ccc2c(c1)c(-c1cccc(O)c1)cc(=O)n2C. The summed E-state index contributed by atoms with van der Waals surface area (Å²) < 4.78 is 3.47. The van der Waals surface area contributed by atoms with E-state index in [2.05, 4.69) is 11.1 Å². The van der Waals surface area contributed by atoms with Crippen molar-refractivity contribution in [3.63, 3.8) is 0 Å². The van der Waals surface area contributed by atoms with Crippen LogP contribution in [0.2, 0.25) is 0 Å². The van der Waals surface area contributed by atoms with E-state index < -0.39 is 5.54 Å². The van der Waals surface area contributed by atoms with E-state index >= 15 is 0 Å². The number of hydrogen-bond donors (Lipinski definition) is 2. The number of nitrogens with zero attached hydrogens (tertiary/aromatic N) is 4. The average Bonchev–Trinajstić information content (AvgIpc) is 3.31. The molecule has 7 heteroatoms. The monoisotopic (exact) mass is 461 g/mol. The second kappa shape index (κ2) is 8.28. The predicted octanol–water partition coefficient (Wildman–Crippen LogP) is 3.77. The first-order valence-electron chi connectivity index (χ1n) is 11.0. The Morgan fingerprint density at radius 3 is 2.40 bits per heavy atom. The second-order valence-electron chi connectivity index (χ2n) is 8.62. The number of phenolic OH excluding ortho intramolecular Hbond substituents is 1. The highest BCUT2D eigenvalue weighted by molar-refractivity contribution is 5.95. The Labute approximate surface area is 202 Å². The van der Waals surface area contributed by atoms with E-state index in [1.165, 1.54) is 0 Å². The van der Waals surface area contributed by atoms with Crippen LogP contribution in [-0.2, 0) is 19.6 Å². The van der Waals surface area contributed by atoms with Gasteiger partial charge in [-0.25, -0.2) is 4.98 Å². The Morgan fingerprint density at radius 2 is 1.74 bits per heavy atom. The second-order valence-corrected chi connectivity index (χ2v) is 8.62. The highest BCUT2D eigenvalue weighted by atomic mass is 16.3. The van der Waals surface area contributed by atoms with Crippen LogP contribution in [0.15, 0.2) is 90.1 Å². The molecule has 0 saturated carbocycles. The number of nitrogens with two attached hydrogens (primary N) is 1. The smallest absolute Gasteiger partial charge is 0.251 e. The molecular formula is C28H23N5O2. The fourth-order valence-corrected chi connectivity index (χ4v) is 4.63. The number of phenols is 1. The summed E-state index contributed by atoms with van der Waals surface area (Å²) in [7, 11) is 3.62. The Bertz CT molecular complexity index is 1670. The summed E-state index contributed by atoms with van der Waals surface area (Å²) in [6, 6.07) is 23.5. The maximum atomic E-state index is 12.7. The van der Waals surface area contributed by atoms with Gasteiger partial charge in [-0.15, -0.1) is 0 Å². The van der Waals surface area contributed by atoms with Crippen LogP contribution in [0.5, 0.6) is 5.75 Å². The van der Waals surface area contributed by atoms with E-state index in [0.29, 0.717) is 11.1 Å². The summed E-state index contributed by atoms with van der Waals surface area (Å²) in [5, 5.41) is 20.1. The van der Waals surface area contributed by atoms with Crippen molar-refractivity contribution < 1.29 is 5.11 Å². The van der Waals surface area contributed by atoms with Crippen molar-refractivity contribution in [3.8, 4) is 22.9 Å². The number of pyridine rings is 1. The van der Waals surface area contributed by atoms with Crippen LogP contribution in [0, 0.1) is 11.3 Å². The molecule has 0 unspecified atom stereocenters. The van der Waals surface area contributed by atoms with Crippen LogP contribution in [0.4, 0.5) is 0 Å². The van der Waals surface area contributed by atoms with Gasteiger partial charge in [0.05, 0.1) is 35.4 Å². The number of benzene rings is 3. The number of aromatic hydroxyl groups is 1. The lowest BCUT2D eigenvalue weighted by atomic mass is 9.80. The molecule has 3 N–H and O–H groups in total. The zero-order valence-corrected chi connectivity index (χ0v) is 19.3. The third-order valence-corrected chi connectivity index (χ3v) is 6.55. The number of fused-ring (bicyclic) bond motifs is 1. The van der Waals surface area contributed by atoms with Crippen molar-refractivity contribution >= 4 is 10.9 Å². The molecule has 35 heavy (non-hydrogen) atoms. The van der Waals surface area contributed by atoms with Crippen LogP contribution in [0.25, 0.3) is 22.0 Å². The summed E-state index contributed by atoms with van der Waals surface area (Å²) in [5.41, 5.74) is 11.1. The van der Waals surface area contributed by atoms with E-state index in [9.17, 15) is 15.2 Å². The molecule has 0 spiro atoms. The number of aryl methyl sites for hydroxylation is 2. The lowest BCUT2D eigenvalue weighted by molar-refractivity contribution is 0.475. The molecule has 5 aromatic rings. The fraction of sp³-hybridized carbons (Fsp3) is 0.107. The van der Waals surface area contributed by atoms with Crippen LogP contribution >= 0.6 is 0 Å². The summed E-state index contributed by atoms with van der Waals surface area (Å²) in [4.78, 5) is 17.0. The van der Waals surface area contributed by atoms with Crippen LogP contribution in [0.1, 0.15) is 22.4 Å². The molecule has 0 aliphatic rings. The normalized spacial score (nSPS) is 12.9. The van der Waals surface area contributed by atoms with Gasteiger partial charge in [-0.3, -0.25) is 4.79 Å². The first kappa shape index (κ1) is 22.1. The number of aromatic nitrogens is 3. The third kappa shape index (κ3) is 3.57. The molecule has 0 bridgehead atoms. The molecule has 7 nitrogen and oxygen atoms in total. The minimum absolute atomic E-state index is 0.119. The highest BCUT2D eigenvalue weighted by Gasteiger charge is 2.35. The highest BCUT2D eigenvalue weighted by Crippen LogP contribution is 2.37. The number of rotatable bonds is 4. The lowest BCUT2D eigenvalue weighted by Gasteiger charge is -2.31. The fourth-order valence-electron chi connectivity index (χ4n) is 4.63. The average molecular weight is 462 g/mol. The number of nitriles is 1. The largest absolute Gasteiger partial charge is 0.508 e. The zero-order valence-electron chi connectivity index (χ0n) is 19.3. The van der Waals surface area contributed by atoms with Crippen molar-refractivity contribution in [2.24, 2.45) is 19.8 Å². The molecule has 5 rings (SSSR count). The first-order chi connectivity index (χ1) is 16.8. The van der Waals surface area contributed by atoms with Crippen molar-refractivity contribution in [1.29, 1.82) is 5.26 Å². The van der Waals surface area contributed by atoms with Gasteiger partial charge in [0.2, 0.25) is 0 Å². The molecule has 0 saturated heterocycles. The van der Waals surface area contributed by atoms with Gasteiger partial charge >= 0.3 is 0 Å². The first-order valence-corrected chi connectivity index (χ1v) is 11.0. The van der Waals surface area contributed by atoms with Crippen molar-refractivity contribution in [1.82, 2.24) is 14.1 Å². The lowest BCUT2D eigenvalue weighted by Crippen LogP contribution is -2.41. The Balaban J connectivity index is 1.83. The van der Waals surface area contributed by atoms with E-state index in [4.69, 9.17) is 5.73 Å². The molecular weight excluding hydrogens is 438 g/mol. The molecule has 2 aromatic heterocycles. The topological polar surface area (TPSA) is 110 Å². The molecule has 2 heterocycles. The molecule has 0 fully saturated rings. The van der Waals surface area contributed by atoms with E-state index in [1.54, 1.807) is 60.5 Å². The molecule has 3 aromatic carbocycles. The van der Waals surface area contributed by atoms with Gasteiger partial charge in [0.15, 0.2) is 0 Å². The van der Waals surface area contributed by atoms with Gasteiger partial charge in [-0.2, -0.15) is 5.26 Å². The van der Waals surface area contributed by atoms with Gasteiger partial charge in [0.1, 0.15) is 11.3 Å². The maximum absolute atomic E-state index is 12.7. The van der Waals surface area contributed by atoms with Crippen molar-refractivity contribution in [3.05, 3.63) is 118 Å². The molecule has 1 atom stereocenters. The van der Waals surface area contributed by atoms with Crippen LogP contribution in [0.3, 0.4) is 0 Å². The van der Waals surface area contributed by atoms with E-state index in [1.807, 2.05) is 48.0 Å². The van der Waals surface area contributed by atoms with Crippen molar-refractivity contribution in [2.75, 3.05) is 0 Å². The standard InChI is InChI=1S/C28H23N5O2/c1-32-17-31-16-26(32)28(30,20-8-6-18(15-29)7-9-20)21-10-11-25-24(13-21)23(14-27(35)33(25)2)19-4-3-5-22(34)12-19/h3-14,16-17,34H,30H2,1-2H3/t28-/m1/s1. The van der Waals surface area contributed by atoms with Gasteiger partial charge in [-0.1, -0.05) is 30.3 Å². The maximum Gasteiger partial charge on any atom is 0.251 e. The van der Waals surface area contributed by atoms with Crippen LogP contribution < -0.4 is 11.3 Å². The summed E-state index contributed by atoms with van der Waals surface area (Å²) in [6.07, 6.45) is 3.43. The van der Waals surface area contributed by atoms with Crippen molar-refractivity contribution in [2.45, 2.75) is 5.54 Å². The minimum atomic E-state index is -1.09. The summed E-state index contributed by atoms with van der Waals surface area (Å²) in [6.45, 7) is 0. The Hall–Kier alpha value is -4.67. The molecule has 0 aliphatic carbocycles. The number of imidazole rings is 1. The van der Waals surface area contributed by atoms with Gasteiger partial charge in [0, 0.05) is 25.5 Å². The number of hydrogen-bond acceptors (Lipinski definition) is 5. The predicted molar refractivity (Wildman–Crippen MR) is 135 cm³/mol. The quantitative estimate of drug-likeness (QED) is 0.423. The Kier molecular flexibility index (Phi) is 5.24. The molecule has 0 amide bonds.